The van der Waals surface area contributed by atoms with Crippen molar-refractivity contribution in [3.05, 3.63) is 82.1 Å². The van der Waals surface area contributed by atoms with Crippen molar-refractivity contribution in [2.45, 2.75) is 52.0 Å². The van der Waals surface area contributed by atoms with Crippen LogP contribution in [0.5, 0.6) is 0 Å². The fourth-order valence-electron chi connectivity index (χ4n) is 5.52. The normalized spacial score (nSPS) is 13.6. The van der Waals surface area contributed by atoms with Gasteiger partial charge in [-0.3, -0.25) is 14.2 Å². The van der Waals surface area contributed by atoms with Crippen LogP contribution in [0.25, 0.3) is 28.0 Å². The number of amides is 1. The van der Waals surface area contributed by atoms with Crippen LogP contribution in [0.2, 0.25) is 0 Å². The van der Waals surface area contributed by atoms with Crippen LogP contribution in [0.15, 0.2) is 59.4 Å². The van der Waals surface area contributed by atoms with Gasteiger partial charge in [0.15, 0.2) is 5.65 Å². The number of aromatic nitrogens is 3. The summed E-state index contributed by atoms with van der Waals surface area (Å²) in [5, 5.41) is 6.76. The monoisotopic (exact) mass is 574 g/mol. The molecule has 5 rings (SSSR count). The Kier molecular flexibility index (Phi) is 9.22. The number of fused-ring (bicyclic) bond motifs is 1. The fraction of sp³-hybridized carbons (Fsp3) is 0.375. The highest BCUT2D eigenvalue weighted by molar-refractivity contribution is 5.98. The Morgan fingerprint density at radius 3 is 2.43 bits per heavy atom. The maximum atomic E-state index is 15.0. The zero-order valence-corrected chi connectivity index (χ0v) is 24.0. The first-order valence-electron chi connectivity index (χ1n) is 14.6. The standard InChI is InChI=1S/C32H36F2N6O2/c1-3-39(4-2)19-9-18-35-32-37-28(21-10-7-11-22(20-21)31(42)36-23-12-5-6-13-23)24-16-17-27(41)40(30(24)38-32)29-25(33)14-8-15-26(29)34/h7-8,10-11,14-17,20,23H,3-6,9,12-13,18-19H2,1-2H3,(H,36,42)(H,35,37,38). The molecule has 1 aliphatic rings. The number of nitrogens with zero attached hydrogens (tertiary/aromatic N) is 4. The van der Waals surface area contributed by atoms with E-state index in [9.17, 15) is 18.4 Å². The minimum absolute atomic E-state index is 0.0588. The largest absolute Gasteiger partial charge is 0.354 e. The number of hydrogen-bond acceptors (Lipinski definition) is 6. The Morgan fingerprint density at radius 1 is 1.00 bits per heavy atom. The molecular weight excluding hydrogens is 538 g/mol. The van der Waals surface area contributed by atoms with Crippen molar-refractivity contribution in [2.24, 2.45) is 0 Å². The van der Waals surface area contributed by atoms with Crippen LogP contribution in [0.4, 0.5) is 14.7 Å². The van der Waals surface area contributed by atoms with Crippen molar-refractivity contribution in [1.29, 1.82) is 0 Å². The molecule has 0 bridgehead atoms. The summed E-state index contributed by atoms with van der Waals surface area (Å²) in [6.07, 6.45) is 4.96. The minimum Gasteiger partial charge on any atom is -0.354 e. The van der Waals surface area contributed by atoms with Crippen LogP contribution >= 0.6 is 0 Å². The van der Waals surface area contributed by atoms with E-state index in [0.29, 0.717) is 28.8 Å². The van der Waals surface area contributed by atoms with Crippen LogP contribution < -0.4 is 16.2 Å². The SMILES string of the molecule is CCN(CC)CCCNc1nc(-c2cccc(C(=O)NC3CCCC3)c2)c2ccc(=O)n(-c3c(F)cccc3F)c2n1. The fourth-order valence-corrected chi connectivity index (χ4v) is 5.52. The van der Waals surface area contributed by atoms with Gasteiger partial charge < -0.3 is 15.5 Å². The number of para-hydroxylation sites is 1. The van der Waals surface area contributed by atoms with E-state index in [1.807, 2.05) is 6.07 Å². The second-order valence-corrected chi connectivity index (χ2v) is 10.6. The van der Waals surface area contributed by atoms with E-state index in [0.717, 1.165) is 68.4 Å². The Balaban J connectivity index is 1.60. The molecule has 0 spiro atoms. The van der Waals surface area contributed by atoms with Gasteiger partial charge in [0, 0.05) is 35.2 Å². The molecule has 0 atom stereocenters. The molecule has 42 heavy (non-hydrogen) atoms. The number of anilines is 1. The predicted molar refractivity (Wildman–Crippen MR) is 161 cm³/mol. The summed E-state index contributed by atoms with van der Waals surface area (Å²) in [7, 11) is 0. The predicted octanol–water partition coefficient (Wildman–Crippen LogP) is 5.54. The molecule has 4 aromatic rings. The summed E-state index contributed by atoms with van der Waals surface area (Å²) >= 11 is 0. The van der Waals surface area contributed by atoms with Gasteiger partial charge in [0.05, 0.1) is 5.69 Å². The number of benzene rings is 2. The van der Waals surface area contributed by atoms with Gasteiger partial charge in [0.25, 0.3) is 11.5 Å². The van der Waals surface area contributed by atoms with Crippen molar-refractivity contribution in [1.82, 2.24) is 24.8 Å². The summed E-state index contributed by atoms with van der Waals surface area (Å²) in [5.74, 6) is -1.72. The van der Waals surface area contributed by atoms with Gasteiger partial charge in [-0.25, -0.2) is 13.8 Å². The van der Waals surface area contributed by atoms with Crippen LogP contribution in [0.1, 0.15) is 56.3 Å². The maximum Gasteiger partial charge on any atom is 0.256 e. The molecule has 220 valence electrons. The molecule has 2 N–H and O–H groups in total. The lowest BCUT2D eigenvalue weighted by Gasteiger charge is -2.18. The first kappa shape index (κ1) is 29.3. The number of nitrogens with one attached hydrogen (secondary N) is 2. The molecule has 1 amide bonds. The lowest BCUT2D eigenvalue weighted by Crippen LogP contribution is -2.32. The molecule has 0 saturated heterocycles. The first-order valence-corrected chi connectivity index (χ1v) is 14.6. The average molecular weight is 575 g/mol. The van der Waals surface area contributed by atoms with Gasteiger partial charge in [-0.15, -0.1) is 0 Å². The molecular formula is C32H36F2N6O2. The third kappa shape index (κ3) is 6.33. The minimum atomic E-state index is -0.885. The molecule has 8 nitrogen and oxygen atoms in total. The van der Waals surface area contributed by atoms with Crippen LogP contribution in [-0.2, 0) is 0 Å². The summed E-state index contributed by atoms with van der Waals surface area (Å²) in [6, 6.07) is 13.5. The zero-order chi connectivity index (χ0) is 29.6. The number of carbonyl (C=O) groups is 1. The summed E-state index contributed by atoms with van der Waals surface area (Å²) in [6.45, 7) is 7.54. The molecule has 10 heteroatoms. The Morgan fingerprint density at radius 2 is 1.71 bits per heavy atom. The first-order chi connectivity index (χ1) is 20.4. The van der Waals surface area contributed by atoms with Crippen LogP contribution in [0, 0.1) is 11.6 Å². The van der Waals surface area contributed by atoms with E-state index in [4.69, 9.17) is 4.98 Å². The van der Waals surface area contributed by atoms with Crippen LogP contribution in [0.3, 0.4) is 0 Å². The molecule has 2 heterocycles. The molecule has 1 fully saturated rings. The van der Waals surface area contributed by atoms with Crippen molar-refractivity contribution in [3.8, 4) is 16.9 Å². The van der Waals surface area contributed by atoms with Gasteiger partial charge in [-0.2, -0.15) is 4.98 Å². The summed E-state index contributed by atoms with van der Waals surface area (Å²) < 4.78 is 30.9. The summed E-state index contributed by atoms with van der Waals surface area (Å²) in [5.41, 5.74) is 0.458. The molecule has 0 unspecified atom stereocenters. The van der Waals surface area contributed by atoms with E-state index in [1.54, 1.807) is 24.3 Å². The van der Waals surface area contributed by atoms with E-state index in [-0.39, 0.29) is 23.5 Å². The molecule has 2 aromatic carbocycles. The van der Waals surface area contributed by atoms with Gasteiger partial charge in [0.1, 0.15) is 17.3 Å². The number of hydrogen-bond donors (Lipinski definition) is 2. The number of rotatable bonds is 11. The molecule has 0 radical (unpaired) electrons. The quantitative estimate of drug-likeness (QED) is 0.229. The molecule has 2 aromatic heterocycles. The van der Waals surface area contributed by atoms with Gasteiger partial charge in [-0.1, -0.05) is 44.9 Å². The van der Waals surface area contributed by atoms with Gasteiger partial charge in [0.2, 0.25) is 5.95 Å². The highest BCUT2D eigenvalue weighted by Crippen LogP contribution is 2.30. The Bertz CT molecular complexity index is 1610. The Labute approximate surface area is 243 Å². The molecule has 0 aliphatic heterocycles. The van der Waals surface area contributed by atoms with Gasteiger partial charge in [-0.05, 0) is 69.2 Å². The van der Waals surface area contributed by atoms with Crippen molar-refractivity contribution < 1.29 is 13.6 Å². The smallest absolute Gasteiger partial charge is 0.256 e. The van der Waals surface area contributed by atoms with Crippen molar-refractivity contribution >= 4 is 22.9 Å². The second kappa shape index (κ2) is 13.2. The zero-order valence-electron chi connectivity index (χ0n) is 24.0. The second-order valence-electron chi connectivity index (χ2n) is 10.6. The molecule has 1 aliphatic carbocycles. The highest BCUT2D eigenvalue weighted by Gasteiger charge is 2.21. The van der Waals surface area contributed by atoms with Gasteiger partial charge >= 0.3 is 0 Å². The van der Waals surface area contributed by atoms with E-state index in [2.05, 4.69) is 34.4 Å². The van der Waals surface area contributed by atoms with E-state index in [1.165, 1.54) is 12.1 Å². The third-order valence-electron chi connectivity index (χ3n) is 7.83. The number of carbonyl (C=O) groups excluding carboxylic acids is 1. The third-order valence-corrected chi connectivity index (χ3v) is 7.83. The van der Waals surface area contributed by atoms with E-state index >= 15 is 0 Å². The topological polar surface area (TPSA) is 92.2 Å². The van der Waals surface area contributed by atoms with Crippen LogP contribution in [-0.4, -0.2) is 57.6 Å². The van der Waals surface area contributed by atoms with E-state index < -0.39 is 22.9 Å². The average Bonchev–Trinajstić information content (AvgIpc) is 3.51. The number of halogens is 2. The highest BCUT2D eigenvalue weighted by atomic mass is 19.1. The lowest BCUT2D eigenvalue weighted by atomic mass is 10.0. The maximum absolute atomic E-state index is 15.0. The van der Waals surface area contributed by atoms with Crippen molar-refractivity contribution in [2.75, 3.05) is 31.5 Å². The molecule has 1 saturated carbocycles. The Hall–Kier alpha value is -4.18. The summed E-state index contributed by atoms with van der Waals surface area (Å²) in [4.78, 5) is 37.8. The van der Waals surface area contributed by atoms with Crippen molar-refractivity contribution in [3.63, 3.8) is 0 Å². The number of pyridine rings is 1. The lowest BCUT2D eigenvalue weighted by molar-refractivity contribution is 0.0938.